The molecule has 3 atom stereocenters. The second kappa shape index (κ2) is 17.2. The molecule has 0 amide bonds. The van der Waals surface area contributed by atoms with Crippen molar-refractivity contribution in [3.63, 3.8) is 0 Å². The van der Waals surface area contributed by atoms with E-state index in [0.29, 0.717) is 6.42 Å². The lowest BCUT2D eigenvalue weighted by molar-refractivity contribution is 0.0511. The fourth-order valence-corrected chi connectivity index (χ4v) is 1.96. The van der Waals surface area contributed by atoms with E-state index >= 15 is 0 Å². The molecule has 3 heteroatoms. The zero-order valence-corrected chi connectivity index (χ0v) is 15.5. The highest BCUT2D eigenvalue weighted by molar-refractivity contribution is 5.16. The summed E-state index contributed by atoms with van der Waals surface area (Å²) in [7, 11) is 0. The standard InChI is InChI=1S/C22H34O3/c1-3-5-6-7-11-14-18-21(24)22(25)19-15-12-9-8-10-13-17-20(23)16-4-2/h5-6,8-15,17,19-25H,3-4,7,16,18H2,1-2H3/b6-5-,10-8-,12-9+,14-11-,17-13+,19-15+/t20-,21-,22+/m0/s1. The van der Waals surface area contributed by atoms with Crippen LogP contribution in [-0.2, 0) is 0 Å². The average molecular weight is 347 g/mol. The van der Waals surface area contributed by atoms with Crippen LogP contribution >= 0.6 is 0 Å². The molecule has 0 aliphatic carbocycles. The van der Waals surface area contributed by atoms with Crippen molar-refractivity contribution in [3.8, 4) is 0 Å². The summed E-state index contributed by atoms with van der Waals surface area (Å²) >= 11 is 0. The Morgan fingerprint density at radius 3 is 1.96 bits per heavy atom. The van der Waals surface area contributed by atoms with E-state index in [0.717, 1.165) is 25.7 Å². The first-order valence-corrected chi connectivity index (χ1v) is 9.14. The highest BCUT2D eigenvalue weighted by atomic mass is 16.3. The lowest BCUT2D eigenvalue weighted by Gasteiger charge is -2.11. The van der Waals surface area contributed by atoms with E-state index in [2.05, 4.69) is 19.1 Å². The summed E-state index contributed by atoms with van der Waals surface area (Å²) in [6.07, 6.45) is 24.2. The largest absolute Gasteiger partial charge is 0.390 e. The molecule has 25 heavy (non-hydrogen) atoms. The van der Waals surface area contributed by atoms with Crippen LogP contribution in [0.3, 0.4) is 0 Å². The van der Waals surface area contributed by atoms with Gasteiger partial charge in [-0.15, -0.1) is 0 Å². The van der Waals surface area contributed by atoms with Gasteiger partial charge in [0.05, 0.1) is 18.3 Å². The van der Waals surface area contributed by atoms with Gasteiger partial charge in [-0.25, -0.2) is 0 Å². The van der Waals surface area contributed by atoms with Gasteiger partial charge in [-0.1, -0.05) is 93.2 Å². The van der Waals surface area contributed by atoms with Crippen LogP contribution in [0.15, 0.2) is 72.9 Å². The molecule has 0 fully saturated rings. The van der Waals surface area contributed by atoms with Gasteiger partial charge in [0.25, 0.3) is 0 Å². The highest BCUT2D eigenvalue weighted by Crippen LogP contribution is 2.03. The van der Waals surface area contributed by atoms with Crippen LogP contribution in [0.5, 0.6) is 0 Å². The van der Waals surface area contributed by atoms with Crippen molar-refractivity contribution in [2.24, 2.45) is 0 Å². The van der Waals surface area contributed by atoms with Crippen LogP contribution < -0.4 is 0 Å². The Kier molecular flexibility index (Phi) is 16.0. The lowest BCUT2D eigenvalue weighted by Crippen LogP contribution is -2.22. The first-order valence-electron chi connectivity index (χ1n) is 9.14. The molecule has 0 rings (SSSR count). The predicted molar refractivity (Wildman–Crippen MR) is 107 cm³/mol. The first-order chi connectivity index (χ1) is 12.1. The summed E-state index contributed by atoms with van der Waals surface area (Å²) < 4.78 is 0. The summed E-state index contributed by atoms with van der Waals surface area (Å²) in [5.41, 5.74) is 0. The summed E-state index contributed by atoms with van der Waals surface area (Å²) in [4.78, 5) is 0. The molecule has 3 nitrogen and oxygen atoms in total. The summed E-state index contributed by atoms with van der Waals surface area (Å²) in [6, 6.07) is 0. The van der Waals surface area contributed by atoms with Gasteiger partial charge in [0.1, 0.15) is 0 Å². The molecule has 0 saturated carbocycles. The van der Waals surface area contributed by atoms with Crippen molar-refractivity contribution in [3.05, 3.63) is 72.9 Å². The SMILES string of the molecule is CC/C=C\C/C=C\C[C@H](O)[C@H](O)/C=C/C=C/C=C\C=C\[C@@H](O)CCC. The molecule has 140 valence electrons. The van der Waals surface area contributed by atoms with E-state index in [-0.39, 0.29) is 6.10 Å². The van der Waals surface area contributed by atoms with E-state index in [4.69, 9.17) is 0 Å². The quantitative estimate of drug-likeness (QED) is 0.342. The maximum absolute atomic E-state index is 9.85. The van der Waals surface area contributed by atoms with Crippen LogP contribution in [0.4, 0.5) is 0 Å². The summed E-state index contributed by atoms with van der Waals surface area (Å²) in [6.45, 7) is 4.13. The smallest absolute Gasteiger partial charge is 0.0986 e. The molecular formula is C22H34O3. The molecule has 0 aromatic carbocycles. The maximum atomic E-state index is 9.85. The number of aliphatic hydroxyl groups excluding tert-OH is 3. The monoisotopic (exact) mass is 346 g/mol. The first kappa shape index (κ1) is 23.3. The van der Waals surface area contributed by atoms with Gasteiger partial charge in [0.15, 0.2) is 0 Å². The number of hydrogen-bond acceptors (Lipinski definition) is 3. The van der Waals surface area contributed by atoms with Crippen molar-refractivity contribution in [1.29, 1.82) is 0 Å². The minimum Gasteiger partial charge on any atom is -0.390 e. The van der Waals surface area contributed by atoms with E-state index in [1.165, 1.54) is 0 Å². The zero-order chi connectivity index (χ0) is 18.8. The molecule has 0 aromatic rings. The third kappa shape index (κ3) is 15.6. The van der Waals surface area contributed by atoms with E-state index in [9.17, 15) is 15.3 Å². The average Bonchev–Trinajstić information content (AvgIpc) is 2.60. The van der Waals surface area contributed by atoms with Crippen LogP contribution in [-0.4, -0.2) is 33.6 Å². The van der Waals surface area contributed by atoms with Gasteiger partial charge in [0.2, 0.25) is 0 Å². The Labute approximate surface area is 153 Å². The number of allylic oxidation sites excluding steroid dienone is 9. The lowest BCUT2D eigenvalue weighted by atomic mass is 10.1. The molecule has 0 unspecified atom stereocenters. The molecule has 0 saturated heterocycles. The second-order valence-electron chi connectivity index (χ2n) is 5.78. The molecular weight excluding hydrogens is 312 g/mol. The normalized spacial score (nSPS) is 17.2. The molecule has 3 N–H and O–H groups in total. The molecule has 0 radical (unpaired) electrons. The molecule has 0 aliphatic heterocycles. The summed E-state index contributed by atoms with van der Waals surface area (Å²) in [5, 5.41) is 29.2. The van der Waals surface area contributed by atoms with Gasteiger partial charge < -0.3 is 15.3 Å². The second-order valence-corrected chi connectivity index (χ2v) is 5.78. The van der Waals surface area contributed by atoms with E-state index < -0.39 is 12.2 Å². The minimum atomic E-state index is -0.881. The fourth-order valence-electron chi connectivity index (χ4n) is 1.96. The third-order valence-corrected chi connectivity index (χ3v) is 3.39. The molecule has 0 spiro atoms. The Balaban J connectivity index is 4.03. The third-order valence-electron chi connectivity index (χ3n) is 3.39. The number of hydrogen-bond donors (Lipinski definition) is 3. The topological polar surface area (TPSA) is 60.7 Å². The van der Waals surface area contributed by atoms with Gasteiger partial charge in [0, 0.05) is 0 Å². The minimum absolute atomic E-state index is 0.383. The fraction of sp³-hybridized carbons (Fsp3) is 0.455. The van der Waals surface area contributed by atoms with Crippen molar-refractivity contribution in [2.75, 3.05) is 0 Å². The number of rotatable bonds is 13. The highest BCUT2D eigenvalue weighted by Gasteiger charge is 2.10. The zero-order valence-electron chi connectivity index (χ0n) is 15.5. The Hall–Kier alpha value is -1.68. The molecule has 0 aromatic heterocycles. The van der Waals surface area contributed by atoms with Crippen molar-refractivity contribution >= 4 is 0 Å². The van der Waals surface area contributed by atoms with Crippen molar-refractivity contribution < 1.29 is 15.3 Å². The van der Waals surface area contributed by atoms with Crippen LogP contribution in [0, 0.1) is 0 Å². The van der Waals surface area contributed by atoms with Gasteiger partial charge >= 0.3 is 0 Å². The molecule has 0 aliphatic rings. The van der Waals surface area contributed by atoms with Crippen molar-refractivity contribution in [1.82, 2.24) is 0 Å². The maximum Gasteiger partial charge on any atom is 0.0986 e. The van der Waals surface area contributed by atoms with E-state index in [1.807, 2.05) is 43.4 Å². The van der Waals surface area contributed by atoms with Crippen molar-refractivity contribution in [2.45, 2.75) is 64.3 Å². The Morgan fingerprint density at radius 2 is 1.32 bits per heavy atom. The molecule has 0 heterocycles. The van der Waals surface area contributed by atoms with Crippen LogP contribution in [0.1, 0.15) is 46.0 Å². The molecule has 0 bridgehead atoms. The number of aliphatic hydroxyl groups is 3. The van der Waals surface area contributed by atoms with Gasteiger partial charge in [-0.05, 0) is 25.7 Å². The van der Waals surface area contributed by atoms with Gasteiger partial charge in [-0.2, -0.15) is 0 Å². The Bertz CT molecular complexity index is 470. The van der Waals surface area contributed by atoms with E-state index in [1.54, 1.807) is 24.3 Å². The Morgan fingerprint density at radius 1 is 0.720 bits per heavy atom. The van der Waals surface area contributed by atoms with Crippen LogP contribution in [0.2, 0.25) is 0 Å². The van der Waals surface area contributed by atoms with Gasteiger partial charge in [-0.3, -0.25) is 0 Å². The predicted octanol–water partition coefficient (Wildman–Crippen LogP) is 4.40. The summed E-state index contributed by atoms with van der Waals surface area (Å²) in [5.74, 6) is 0. The van der Waals surface area contributed by atoms with Crippen LogP contribution in [0.25, 0.3) is 0 Å².